The van der Waals surface area contributed by atoms with Crippen LogP contribution in [0.1, 0.15) is 18.1 Å². The van der Waals surface area contributed by atoms with E-state index in [9.17, 15) is 9.59 Å². The third-order valence-corrected chi connectivity index (χ3v) is 4.81. The molecule has 0 bridgehead atoms. The molecule has 0 aliphatic heterocycles. The van der Waals surface area contributed by atoms with Crippen molar-refractivity contribution >= 4 is 39.3 Å². The van der Waals surface area contributed by atoms with Crippen molar-refractivity contribution in [3.05, 3.63) is 78.1 Å². The average Bonchev–Trinajstić information content (AvgIpc) is 3.16. The maximum Gasteiger partial charge on any atom is 0.311 e. The van der Waals surface area contributed by atoms with Gasteiger partial charge in [-0.15, -0.1) is 0 Å². The van der Waals surface area contributed by atoms with Gasteiger partial charge in [0.15, 0.2) is 6.10 Å². The highest BCUT2D eigenvalue weighted by atomic mass is 16.5. The first-order valence-electron chi connectivity index (χ1n) is 9.43. The lowest BCUT2D eigenvalue weighted by Gasteiger charge is -2.13. The first kappa shape index (κ1) is 19.2. The van der Waals surface area contributed by atoms with Crippen molar-refractivity contribution < 1.29 is 18.7 Å². The van der Waals surface area contributed by atoms with Crippen molar-refractivity contribution in [2.24, 2.45) is 0 Å². The van der Waals surface area contributed by atoms with Gasteiger partial charge in [-0.05, 0) is 42.0 Å². The average molecular weight is 398 g/mol. The van der Waals surface area contributed by atoms with Crippen LogP contribution in [0.25, 0.3) is 21.7 Å². The molecule has 0 spiro atoms. The van der Waals surface area contributed by atoms with Gasteiger partial charge in [0, 0.05) is 16.6 Å². The molecule has 0 radical (unpaired) electrons. The number of carbonyl (C=O) groups excluding carboxylic acids is 2. The molecule has 4 rings (SSSR count). The van der Waals surface area contributed by atoms with Crippen molar-refractivity contribution in [1.29, 1.82) is 5.26 Å². The zero-order valence-corrected chi connectivity index (χ0v) is 16.2. The van der Waals surface area contributed by atoms with Gasteiger partial charge in [0.25, 0.3) is 5.91 Å². The molecule has 1 heterocycles. The molecule has 30 heavy (non-hydrogen) atoms. The van der Waals surface area contributed by atoms with Crippen LogP contribution in [-0.4, -0.2) is 18.0 Å². The van der Waals surface area contributed by atoms with Crippen molar-refractivity contribution in [2.75, 3.05) is 5.32 Å². The maximum atomic E-state index is 12.5. The maximum absolute atomic E-state index is 12.5. The molecule has 0 saturated heterocycles. The van der Waals surface area contributed by atoms with E-state index in [0.29, 0.717) is 22.4 Å². The number of nitriles is 1. The molecule has 148 valence electrons. The van der Waals surface area contributed by atoms with Crippen LogP contribution in [0.2, 0.25) is 0 Å². The van der Waals surface area contributed by atoms with Crippen LogP contribution in [0.5, 0.6) is 0 Å². The summed E-state index contributed by atoms with van der Waals surface area (Å²) in [6.45, 7) is 1.50. The summed E-state index contributed by atoms with van der Waals surface area (Å²) >= 11 is 0. The van der Waals surface area contributed by atoms with E-state index in [1.54, 1.807) is 30.5 Å². The zero-order valence-electron chi connectivity index (χ0n) is 16.2. The second-order valence-corrected chi connectivity index (χ2v) is 6.91. The Bertz CT molecular complexity index is 1300. The number of benzene rings is 3. The summed E-state index contributed by atoms with van der Waals surface area (Å²) < 4.78 is 10.9. The van der Waals surface area contributed by atoms with Crippen molar-refractivity contribution in [2.45, 2.75) is 19.4 Å². The van der Waals surface area contributed by atoms with Gasteiger partial charge >= 0.3 is 5.97 Å². The van der Waals surface area contributed by atoms with Crippen molar-refractivity contribution in [3.8, 4) is 6.07 Å². The molecule has 1 atom stereocenters. The largest absolute Gasteiger partial charge is 0.464 e. The lowest BCUT2D eigenvalue weighted by Crippen LogP contribution is -2.30. The number of fused-ring (bicyclic) bond motifs is 3. The number of nitrogens with zero attached hydrogens (tertiary/aromatic N) is 1. The fourth-order valence-electron chi connectivity index (χ4n) is 3.36. The highest BCUT2D eigenvalue weighted by Gasteiger charge is 2.20. The number of rotatable bonds is 5. The summed E-state index contributed by atoms with van der Waals surface area (Å²) in [4.78, 5) is 24.8. The van der Waals surface area contributed by atoms with Gasteiger partial charge in [-0.3, -0.25) is 9.59 Å². The minimum absolute atomic E-state index is 0.0114. The van der Waals surface area contributed by atoms with E-state index in [1.165, 1.54) is 6.92 Å². The quantitative estimate of drug-likeness (QED) is 0.497. The highest BCUT2D eigenvalue weighted by molar-refractivity contribution is 6.08. The second kappa shape index (κ2) is 8.10. The Kier molecular flexibility index (Phi) is 5.19. The molecule has 1 aromatic heterocycles. The summed E-state index contributed by atoms with van der Waals surface area (Å²) in [5.41, 5.74) is 2.30. The lowest BCUT2D eigenvalue weighted by molar-refractivity contribution is -0.152. The van der Waals surface area contributed by atoms with E-state index in [2.05, 4.69) is 5.32 Å². The number of nitrogens with one attached hydrogen (secondary N) is 1. The van der Waals surface area contributed by atoms with Crippen LogP contribution in [-0.2, 0) is 20.7 Å². The van der Waals surface area contributed by atoms with Crippen molar-refractivity contribution in [1.82, 2.24) is 0 Å². The molecule has 6 heteroatoms. The first-order chi connectivity index (χ1) is 14.5. The number of hydrogen-bond donors (Lipinski definition) is 1. The Labute approximate surface area is 172 Å². The van der Waals surface area contributed by atoms with Gasteiger partial charge in [-0.1, -0.05) is 36.4 Å². The van der Waals surface area contributed by atoms with E-state index in [1.807, 2.05) is 42.5 Å². The monoisotopic (exact) mass is 398 g/mol. The number of esters is 1. The predicted molar refractivity (Wildman–Crippen MR) is 113 cm³/mol. The molecule has 4 aromatic rings. The molecule has 0 aliphatic rings. The number of amides is 1. The normalized spacial score (nSPS) is 11.7. The van der Waals surface area contributed by atoms with Crippen molar-refractivity contribution in [3.63, 3.8) is 0 Å². The number of carbonyl (C=O) groups is 2. The van der Waals surface area contributed by atoms with Crippen LogP contribution in [0.3, 0.4) is 0 Å². The summed E-state index contributed by atoms with van der Waals surface area (Å²) in [5.74, 6) is -1.000. The molecule has 0 saturated carbocycles. The van der Waals surface area contributed by atoms with Crippen LogP contribution in [0.15, 0.2) is 71.3 Å². The van der Waals surface area contributed by atoms with Crippen LogP contribution < -0.4 is 5.32 Å². The third-order valence-electron chi connectivity index (χ3n) is 4.81. The molecule has 3 aromatic carbocycles. The van der Waals surface area contributed by atoms with Gasteiger partial charge in [0.2, 0.25) is 0 Å². The molecule has 6 nitrogen and oxygen atoms in total. The minimum atomic E-state index is -0.988. The van der Waals surface area contributed by atoms with Gasteiger partial charge in [0.1, 0.15) is 5.58 Å². The van der Waals surface area contributed by atoms with Crippen LogP contribution in [0.4, 0.5) is 5.69 Å². The summed E-state index contributed by atoms with van der Waals surface area (Å²) in [5, 5.41) is 14.5. The molecule has 0 fully saturated rings. The molecular formula is C24H18N2O4. The zero-order chi connectivity index (χ0) is 21.1. The van der Waals surface area contributed by atoms with E-state index in [-0.39, 0.29) is 6.42 Å². The summed E-state index contributed by atoms with van der Waals surface area (Å²) in [6, 6.07) is 20.2. The fourth-order valence-corrected chi connectivity index (χ4v) is 3.36. The lowest BCUT2D eigenvalue weighted by atomic mass is 10.0. The summed E-state index contributed by atoms with van der Waals surface area (Å²) in [6.07, 6.45) is 0.553. The van der Waals surface area contributed by atoms with E-state index >= 15 is 0 Å². The molecule has 0 aliphatic carbocycles. The Morgan fingerprint density at radius 2 is 1.97 bits per heavy atom. The van der Waals surface area contributed by atoms with E-state index in [4.69, 9.17) is 14.4 Å². The SMILES string of the molecule is C[C@@H](OC(=O)Cc1coc2ccc3ccccc3c12)C(=O)Nc1cccc(C#N)c1. The van der Waals surface area contributed by atoms with Gasteiger partial charge in [-0.25, -0.2) is 0 Å². The Balaban J connectivity index is 1.46. The smallest absolute Gasteiger partial charge is 0.311 e. The number of anilines is 1. The number of hydrogen-bond acceptors (Lipinski definition) is 5. The fraction of sp³-hybridized carbons (Fsp3) is 0.125. The van der Waals surface area contributed by atoms with Crippen LogP contribution >= 0.6 is 0 Å². The number of furan rings is 1. The van der Waals surface area contributed by atoms with E-state index in [0.717, 1.165) is 16.2 Å². The standard InChI is InChI=1S/C24H18N2O4/c1-15(24(28)26-19-7-4-5-16(11-19)13-25)30-22(27)12-18-14-29-21-10-9-17-6-2-3-8-20(17)23(18)21/h2-11,14-15H,12H2,1H3,(H,26,28)/t15-/m1/s1. The topological polar surface area (TPSA) is 92.3 Å². The summed E-state index contributed by atoms with van der Waals surface area (Å²) in [7, 11) is 0. The molecule has 1 N–H and O–H groups in total. The van der Waals surface area contributed by atoms with Crippen LogP contribution in [0, 0.1) is 11.3 Å². The highest BCUT2D eigenvalue weighted by Crippen LogP contribution is 2.30. The Morgan fingerprint density at radius 3 is 2.80 bits per heavy atom. The van der Waals surface area contributed by atoms with Gasteiger partial charge in [0.05, 0.1) is 24.3 Å². The molecule has 1 amide bonds. The van der Waals surface area contributed by atoms with Gasteiger partial charge in [-0.2, -0.15) is 5.26 Å². The molecule has 0 unspecified atom stereocenters. The van der Waals surface area contributed by atoms with E-state index < -0.39 is 18.0 Å². The Morgan fingerprint density at radius 1 is 1.13 bits per heavy atom. The van der Waals surface area contributed by atoms with Gasteiger partial charge < -0.3 is 14.5 Å². The minimum Gasteiger partial charge on any atom is -0.464 e. The first-order valence-corrected chi connectivity index (χ1v) is 9.43. The second-order valence-electron chi connectivity index (χ2n) is 6.91. The third kappa shape index (κ3) is 3.87. The number of ether oxygens (including phenoxy) is 1. The Hall–Kier alpha value is -4.11. The molecular weight excluding hydrogens is 380 g/mol. The predicted octanol–water partition coefficient (Wildman–Crippen LogP) is 4.57.